The molecule has 0 spiro atoms. The number of nitrogens with one attached hydrogen (secondary N) is 1. The van der Waals surface area contributed by atoms with Crippen molar-refractivity contribution in [2.75, 3.05) is 6.61 Å². The molecular formula is C22H41NO4. The summed E-state index contributed by atoms with van der Waals surface area (Å²) in [6.07, 6.45) is 20.1. The summed E-state index contributed by atoms with van der Waals surface area (Å²) in [6, 6.07) is -1.21. The van der Waals surface area contributed by atoms with Crippen LogP contribution >= 0.6 is 0 Å². The number of carboxylic acids is 1. The van der Waals surface area contributed by atoms with Crippen molar-refractivity contribution < 1.29 is 19.8 Å². The van der Waals surface area contributed by atoms with Gasteiger partial charge < -0.3 is 15.5 Å². The van der Waals surface area contributed by atoms with Crippen molar-refractivity contribution in [1.82, 2.24) is 5.32 Å². The zero-order valence-electron chi connectivity index (χ0n) is 17.4. The van der Waals surface area contributed by atoms with E-state index >= 15 is 0 Å². The lowest BCUT2D eigenvalue weighted by Crippen LogP contribution is -2.45. The van der Waals surface area contributed by atoms with Gasteiger partial charge in [0, 0.05) is 5.92 Å². The van der Waals surface area contributed by atoms with Gasteiger partial charge in [0.1, 0.15) is 6.04 Å². The van der Waals surface area contributed by atoms with E-state index in [1.54, 1.807) is 6.92 Å². The standard InChI is InChI=1S/C22H41NO4/c1-3-4-5-6-7-8-9-10-11-12-13-14-15-16-17-19(2)21(25)23-20(18-24)22(26)27/h10-11,19-20,24H,3-9,12-18H2,1-2H3,(H,23,25)(H,26,27)/b11-10-/t19?,20-/m0/s1. The summed E-state index contributed by atoms with van der Waals surface area (Å²) >= 11 is 0. The van der Waals surface area contributed by atoms with Crippen LogP contribution in [0.5, 0.6) is 0 Å². The van der Waals surface area contributed by atoms with Crippen molar-refractivity contribution in [2.24, 2.45) is 5.92 Å². The molecule has 0 aromatic carbocycles. The number of allylic oxidation sites excluding steroid dienone is 2. The Bertz CT molecular complexity index is 409. The molecule has 0 rings (SSSR count). The lowest BCUT2D eigenvalue weighted by molar-refractivity contribution is -0.143. The summed E-state index contributed by atoms with van der Waals surface area (Å²) in [4.78, 5) is 22.7. The fourth-order valence-electron chi connectivity index (χ4n) is 2.98. The van der Waals surface area contributed by atoms with E-state index < -0.39 is 18.6 Å². The van der Waals surface area contributed by atoms with Gasteiger partial charge in [-0.3, -0.25) is 4.79 Å². The number of carboxylic acid groups (broad SMARTS) is 1. The van der Waals surface area contributed by atoms with Gasteiger partial charge in [-0.05, 0) is 32.1 Å². The molecule has 0 aliphatic carbocycles. The van der Waals surface area contributed by atoms with Crippen molar-refractivity contribution >= 4 is 11.9 Å². The second kappa shape index (κ2) is 18.0. The first-order chi connectivity index (χ1) is 13.0. The minimum absolute atomic E-state index is 0.226. The summed E-state index contributed by atoms with van der Waals surface area (Å²) in [5.41, 5.74) is 0. The Morgan fingerprint density at radius 2 is 1.41 bits per heavy atom. The van der Waals surface area contributed by atoms with Gasteiger partial charge in [-0.2, -0.15) is 0 Å². The van der Waals surface area contributed by atoms with E-state index in [-0.39, 0.29) is 11.8 Å². The van der Waals surface area contributed by atoms with Crippen LogP contribution in [0.4, 0.5) is 0 Å². The first-order valence-corrected chi connectivity index (χ1v) is 10.8. The average molecular weight is 384 g/mol. The van der Waals surface area contributed by atoms with Crippen molar-refractivity contribution in [3.63, 3.8) is 0 Å². The topological polar surface area (TPSA) is 86.6 Å². The van der Waals surface area contributed by atoms with E-state index in [1.165, 1.54) is 51.4 Å². The van der Waals surface area contributed by atoms with Crippen molar-refractivity contribution in [3.8, 4) is 0 Å². The molecule has 0 fully saturated rings. The number of hydrogen-bond donors (Lipinski definition) is 3. The summed E-state index contributed by atoms with van der Waals surface area (Å²) in [6.45, 7) is 3.46. The van der Waals surface area contributed by atoms with Gasteiger partial charge in [-0.15, -0.1) is 0 Å². The first kappa shape index (κ1) is 25.6. The highest BCUT2D eigenvalue weighted by Gasteiger charge is 2.21. The van der Waals surface area contributed by atoms with Gasteiger partial charge in [0.2, 0.25) is 5.91 Å². The predicted molar refractivity (Wildman–Crippen MR) is 111 cm³/mol. The van der Waals surface area contributed by atoms with Crippen LogP contribution < -0.4 is 5.32 Å². The molecule has 0 aromatic rings. The van der Waals surface area contributed by atoms with Crippen LogP contribution in [0, 0.1) is 5.92 Å². The smallest absolute Gasteiger partial charge is 0.328 e. The SMILES string of the molecule is CCCCCCCC/C=C\CCCCCCC(C)C(=O)N[C@@H](CO)C(=O)O. The molecule has 0 aliphatic rings. The van der Waals surface area contributed by atoms with E-state index in [9.17, 15) is 9.59 Å². The summed E-state index contributed by atoms with van der Waals surface area (Å²) < 4.78 is 0. The molecule has 3 N–H and O–H groups in total. The molecule has 5 heteroatoms. The normalized spacial score (nSPS) is 13.6. The maximum Gasteiger partial charge on any atom is 0.328 e. The molecule has 0 bridgehead atoms. The fourth-order valence-corrected chi connectivity index (χ4v) is 2.98. The molecule has 27 heavy (non-hydrogen) atoms. The van der Waals surface area contributed by atoms with Crippen molar-refractivity contribution in [1.29, 1.82) is 0 Å². The zero-order chi connectivity index (χ0) is 20.3. The molecule has 2 atom stereocenters. The van der Waals surface area contributed by atoms with Gasteiger partial charge in [0.05, 0.1) is 6.61 Å². The maximum atomic E-state index is 11.9. The van der Waals surface area contributed by atoms with Crippen molar-refractivity contribution in [3.05, 3.63) is 12.2 Å². The van der Waals surface area contributed by atoms with Gasteiger partial charge >= 0.3 is 5.97 Å². The van der Waals surface area contributed by atoms with Crippen LogP contribution in [0.3, 0.4) is 0 Å². The van der Waals surface area contributed by atoms with E-state index in [2.05, 4.69) is 24.4 Å². The van der Waals surface area contributed by atoms with Gasteiger partial charge in [-0.25, -0.2) is 4.79 Å². The third kappa shape index (κ3) is 15.4. The number of aliphatic carboxylic acids is 1. The zero-order valence-corrected chi connectivity index (χ0v) is 17.4. The second-order valence-corrected chi connectivity index (χ2v) is 7.50. The van der Waals surface area contributed by atoms with Gasteiger partial charge in [0.15, 0.2) is 0 Å². The van der Waals surface area contributed by atoms with Crippen LogP contribution in [0.1, 0.15) is 97.3 Å². The number of rotatable bonds is 18. The van der Waals surface area contributed by atoms with Crippen molar-refractivity contribution in [2.45, 2.75) is 103 Å². The molecule has 0 saturated heterocycles. The minimum Gasteiger partial charge on any atom is -0.480 e. The van der Waals surface area contributed by atoms with E-state index in [0.717, 1.165) is 32.1 Å². The van der Waals surface area contributed by atoms with Crippen LogP contribution in [0.25, 0.3) is 0 Å². The first-order valence-electron chi connectivity index (χ1n) is 10.8. The highest BCUT2D eigenvalue weighted by Crippen LogP contribution is 2.12. The van der Waals surface area contributed by atoms with Crippen LogP contribution in [-0.2, 0) is 9.59 Å². The Balaban J connectivity index is 3.53. The third-order valence-electron chi connectivity index (χ3n) is 4.89. The quantitative estimate of drug-likeness (QED) is 0.234. The maximum absolute atomic E-state index is 11.9. The Morgan fingerprint density at radius 1 is 0.889 bits per heavy atom. The summed E-state index contributed by atoms with van der Waals surface area (Å²) in [5.74, 6) is -1.73. The van der Waals surface area contributed by atoms with E-state index in [4.69, 9.17) is 10.2 Å². The Hall–Kier alpha value is -1.36. The summed E-state index contributed by atoms with van der Waals surface area (Å²) in [5, 5.41) is 20.1. The molecule has 0 radical (unpaired) electrons. The van der Waals surface area contributed by atoms with E-state index in [1.807, 2.05) is 0 Å². The fraction of sp³-hybridized carbons (Fsp3) is 0.818. The molecule has 1 unspecified atom stereocenters. The number of carbonyl (C=O) groups excluding carboxylic acids is 1. The Morgan fingerprint density at radius 3 is 1.93 bits per heavy atom. The van der Waals surface area contributed by atoms with Crippen LogP contribution in [0.15, 0.2) is 12.2 Å². The number of unbranched alkanes of at least 4 members (excludes halogenated alkanes) is 10. The summed E-state index contributed by atoms with van der Waals surface area (Å²) in [7, 11) is 0. The lowest BCUT2D eigenvalue weighted by Gasteiger charge is -2.16. The van der Waals surface area contributed by atoms with Crippen LogP contribution in [-0.4, -0.2) is 34.7 Å². The highest BCUT2D eigenvalue weighted by atomic mass is 16.4. The third-order valence-corrected chi connectivity index (χ3v) is 4.89. The average Bonchev–Trinajstić information content (AvgIpc) is 2.65. The van der Waals surface area contributed by atoms with Crippen LogP contribution in [0.2, 0.25) is 0 Å². The molecule has 0 aliphatic heterocycles. The van der Waals surface area contributed by atoms with Gasteiger partial charge in [-0.1, -0.05) is 77.4 Å². The van der Waals surface area contributed by atoms with Gasteiger partial charge in [0.25, 0.3) is 0 Å². The number of hydrogen-bond acceptors (Lipinski definition) is 3. The number of carbonyl (C=O) groups is 2. The molecule has 5 nitrogen and oxygen atoms in total. The second-order valence-electron chi connectivity index (χ2n) is 7.50. The molecular weight excluding hydrogens is 342 g/mol. The number of aliphatic hydroxyl groups is 1. The largest absolute Gasteiger partial charge is 0.480 e. The minimum atomic E-state index is -1.21. The monoisotopic (exact) mass is 383 g/mol. The molecule has 158 valence electrons. The lowest BCUT2D eigenvalue weighted by atomic mass is 10.0. The Labute approximate surface area is 165 Å². The highest BCUT2D eigenvalue weighted by molar-refractivity contribution is 5.84. The molecule has 0 saturated carbocycles. The molecule has 1 amide bonds. The number of aliphatic hydroxyl groups excluding tert-OH is 1. The molecule has 0 heterocycles. The predicted octanol–water partition coefficient (Wildman–Crippen LogP) is 4.83. The number of amides is 1. The van der Waals surface area contributed by atoms with E-state index in [0.29, 0.717) is 0 Å². The molecule has 0 aromatic heterocycles. The Kier molecular flexibility index (Phi) is 17.1.